The van der Waals surface area contributed by atoms with Crippen molar-refractivity contribution in [3.63, 3.8) is 0 Å². The van der Waals surface area contributed by atoms with Crippen LogP contribution in [-0.4, -0.2) is 94.6 Å². The summed E-state index contributed by atoms with van der Waals surface area (Å²) in [7, 11) is 0. The van der Waals surface area contributed by atoms with Crippen molar-refractivity contribution in [1.29, 1.82) is 0 Å². The van der Waals surface area contributed by atoms with Gasteiger partial charge in [-0.3, -0.25) is 58.6 Å². The Morgan fingerprint density at radius 1 is 0.629 bits per heavy atom. The van der Waals surface area contributed by atoms with Gasteiger partial charge in [-0.25, -0.2) is 0 Å². The zero-order valence-electron chi connectivity index (χ0n) is 37.2. The second-order valence-electron chi connectivity index (χ2n) is 14.1. The van der Waals surface area contributed by atoms with Crippen LogP contribution in [0.4, 0.5) is 56.6 Å². The number of ether oxygens (including phenoxy) is 5. The number of nitrogens with one attached hydrogen (secondary N) is 2. The van der Waals surface area contributed by atoms with Crippen LogP contribution in [0.15, 0.2) is 36.8 Å². The van der Waals surface area contributed by atoms with Crippen LogP contribution in [0.25, 0.3) is 0 Å². The molecule has 29 heteroatoms. The van der Waals surface area contributed by atoms with E-state index < -0.39 is 111 Å². The smallest absolute Gasteiger partial charge is 0.418 e. The van der Waals surface area contributed by atoms with E-state index >= 15 is 0 Å². The van der Waals surface area contributed by atoms with E-state index in [1.807, 2.05) is 0 Å². The number of nitrogens with zero attached hydrogens (tertiary/aromatic N) is 4. The molecule has 5 rings (SSSR count). The lowest BCUT2D eigenvalue weighted by molar-refractivity contribution is -0.386. The molecule has 0 atom stereocenters. The van der Waals surface area contributed by atoms with Gasteiger partial charge < -0.3 is 34.3 Å². The van der Waals surface area contributed by atoms with Crippen molar-refractivity contribution in [2.24, 2.45) is 0 Å². The Hall–Kier alpha value is -7.49. The maximum absolute atomic E-state index is 13.0. The molecular weight excluding hydrogens is 971 g/mol. The molecule has 0 bridgehead atoms. The highest BCUT2D eigenvalue weighted by atomic mass is 19.4. The molecule has 0 radical (unpaired) electrons. The van der Waals surface area contributed by atoms with Crippen molar-refractivity contribution >= 4 is 58.7 Å². The number of aromatic nitrogens is 3. The van der Waals surface area contributed by atoms with Crippen LogP contribution in [0.5, 0.6) is 0 Å². The number of pyridine rings is 3. The van der Waals surface area contributed by atoms with Crippen molar-refractivity contribution in [2.75, 3.05) is 43.7 Å². The number of halogens is 9. The van der Waals surface area contributed by atoms with Gasteiger partial charge in [0.15, 0.2) is 0 Å². The number of carbonyl (C=O) groups is 7. The van der Waals surface area contributed by atoms with E-state index in [9.17, 15) is 83.2 Å². The largest absolute Gasteiger partial charge is 0.466 e. The molecule has 2 aliphatic heterocycles. The van der Waals surface area contributed by atoms with Crippen molar-refractivity contribution < 1.29 is 102 Å². The standard InChI is InChI=1S/C17H19F3N2O8.C15H15F3N2O5.C9H7F3N2O/c1-4-28-12(23)8-16(14(24)29-5-2,15(25)30-6-3)13-11(22(26)27)7-10(9-21-13)17(18,19)20;1-3-24-12(22)14(13(23)25-4-2)6-10(21)20-9-5-8(15(16,17)18)7-19-11(9)14;10-9(11,12)5-3-7-6(13-4-5)1-2-8(15)14-7/h7,9H,4-6,8H2,1-3H3;5,7H,3-4,6H2,1-2H3,(H,20,21);3-4H,1-2H2,(H,14,15). The van der Waals surface area contributed by atoms with Crippen LogP contribution < -0.4 is 10.6 Å². The summed E-state index contributed by atoms with van der Waals surface area (Å²) in [6.45, 7) is 6.13. The van der Waals surface area contributed by atoms with Gasteiger partial charge >= 0.3 is 48.4 Å². The fraction of sp³-hybridized carbons (Fsp3) is 0.463. The van der Waals surface area contributed by atoms with Crippen molar-refractivity contribution in [1.82, 2.24) is 15.0 Å². The summed E-state index contributed by atoms with van der Waals surface area (Å²) >= 11 is 0. The number of hydrogen-bond donors (Lipinski definition) is 2. The van der Waals surface area contributed by atoms with E-state index in [4.69, 9.17) is 23.7 Å². The fourth-order valence-corrected chi connectivity index (χ4v) is 6.42. The molecular formula is C41H41F9N6O14. The molecule has 0 fully saturated rings. The molecule has 3 aromatic heterocycles. The first-order valence-electron chi connectivity index (χ1n) is 20.4. The first kappa shape index (κ1) is 56.8. The van der Waals surface area contributed by atoms with Crippen LogP contribution in [0.1, 0.15) is 87.7 Å². The van der Waals surface area contributed by atoms with Gasteiger partial charge in [-0.15, -0.1) is 0 Å². The van der Waals surface area contributed by atoms with Crippen LogP contribution in [0.2, 0.25) is 0 Å². The molecule has 2 aliphatic rings. The highest BCUT2D eigenvalue weighted by Crippen LogP contribution is 2.43. The predicted molar refractivity (Wildman–Crippen MR) is 216 cm³/mol. The quantitative estimate of drug-likeness (QED) is 0.0487. The summed E-state index contributed by atoms with van der Waals surface area (Å²) in [5, 5.41) is 16.1. The number of esters is 5. The van der Waals surface area contributed by atoms with Crippen molar-refractivity contribution in [2.45, 2.75) is 89.7 Å². The molecule has 0 spiro atoms. The van der Waals surface area contributed by atoms with Gasteiger partial charge in [-0.2, -0.15) is 39.5 Å². The minimum absolute atomic E-state index is 0.0996. The SMILES string of the molecule is CCOC(=O)C1(C(=O)OCC)CC(=O)Nc2cc(C(F)(F)F)cnc21.CCOC(=O)CC(C(=O)OCC)(C(=O)OCC)c1ncc(C(F)(F)F)cc1[N+](=O)[O-].O=C1CCc2ncc(C(F)(F)F)cc2N1. The zero-order chi connectivity index (χ0) is 53.0. The Morgan fingerprint density at radius 2 is 1.07 bits per heavy atom. The molecule has 0 saturated carbocycles. The van der Waals surface area contributed by atoms with Gasteiger partial charge in [-0.1, -0.05) is 0 Å². The molecule has 3 aromatic rings. The number of hydrogen-bond acceptors (Lipinski definition) is 17. The van der Waals surface area contributed by atoms with Gasteiger partial charge in [0.25, 0.3) is 5.69 Å². The maximum atomic E-state index is 13.0. The average Bonchev–Trinajstić information content (AvgIpc) is 3.27. The maximum Gasteiger partial charge on any atom is 0.418 e. The molecule has 5 heterocycles. The number of aryl methyl sites for hydroxylation is 1. The van der Waals surface area contributed by atoms with Gasteiger partial charge in [0.05, 0.1) is 90.3 Å². The average molecular weight is 1010 g/mol. The van der Waals surface area contributed by atoms with Crippen molar-refractivity contribution in [3.05, 3.63) is 80.7 Å². The lowest BCUT2D eigenvalue weighted by atomic mass is 9.77. The third-order valence-electron chi connectivity index (χ3n) is 9.49. The van der Waals surface area contributed by atoms with Gasteiger partial charge in [0.1, 0.15) is 5.69 Å². The Bertz CT molecular complexity index is 2450. The summed E-state index contributed by atoms with van der Waals surface area (Å²) in [4.78, 5) is 107. The number of carbonyl (C=O) groups excluding carboxylic acids is 7. The molecule has 0 aromatic carbocycles. The van der Waals surface area contributed by atoms with Gasteiger partial charge in [0.2, 0.25) is 22.6 Å². The van der Waals surface area contributed by atoms with Crippen LogP contribution in [-0.2, 0) is 93.0 Å². The topological polar surface area (TPSA) is 272 Å². The number of fused-ring (bicyclic) bond motifs is 2. The lowest BCUT2D eigenvalue weighted by Gasteiger charge is -2.33. The minimum Gasteiger partial charge on any atom is -0.466 e. The predicted octanol–water partition coefficient (Wildman–Crippen LogP) is 6.12. The normalized spacial score (nSPS) is 14.0. The number of anilines is 2. The van der Waals surface area contributed by atoms with Crippen LogP contribution >= 0.6 is 0 Å². The Balaban J connectivity index is 0.000000291. The fourth-order valence-electron chi connectivity index (χ4n) is 6.42. The number of nitro groups is 1. The lowest BCUT2D eigenvalue weighted by Crippen LogP contribution is -2.52. The summed E-state index contributed by atoms with van der Waals surface area (Å²) in [6.07, 6.45) is -13.8. The molecule has 382 valence electrons. The first-order chi connectivity index (χ1) is 32.6. The summed E-state index contributed by atoms with van der Waals surface area (Å²) in [6, 6.07) is 1.65. The highest BCUT2D eigenvalue weighted by Gasteiger charge is 2.59. The van der Waals surface area contributed by atoms with Gasteiger partial charge in [-0.05, 0) is 46.8 Å². The summed E-state index contributed by atoms with van der Waals surface area (Å²) in [5.74, 6) is -7.35. The van der Waals surface area contributed by atoms with Crippen molar-refractivity contribution in [3.8, 4) is 0 Å². The third kappa shape index (κ3) is 13.2. The number of rotatable bonds is 13. The molecule has 0 unspecified atom stereocenters. The minimum atomic E-state index is -4.99. The molecule has 70 heavy (non-hydrogen) atoms. The molecule has 20 nitrogen and oxygen atoms in total. The number of amides is 2. The van der Waals surface area contributed by atoms with E-state index in [0.29, 0.717) is 24.4 Å². The number of alkyl halides is 9. The highest BCUT2D eigenvalue weighted by molar-refractivity contribution is 6.14. The molecule has 0 saturated heterocycles. The summed E-state index contributed by atoms with van der Waals surface area (Å²) in [5.41, 5.74) is -10.9. The van der Waals surface area contributed by atoms with E-state index in [1.165, 1.54) is 34.6 Å². The van der Waals surface area contributed by atoms with Crippen LogP contribution in [0, 0.1) is 10.1 Å². The Morgan fingerprint density at radius 3 is 1.54 bits per heavy atom. The van der Waals surface area contributed by atoms with E-state index in [-0.39, 0.29) is 74.7 Å². The van der Waals surface area contributed by atoms with E-state index in [2.05, 4.69) is 25.6 Å². The van der Waals surface area contributed by atoms with E-state index in [0.717, 1.165) is 12.3 Å². The van der Waals surface area contributed by atoms with Crippen LogP contribution in [0.3, 0.4) is 0 Å². The third-order valence-corrected chi connectivity index (χ3v) is 9.49. The van der Waals surface area contributed by atoms with Gasteiger partial charge in [0, 0.05) is 37.5 Å². The Kier molecular flexibility index (Phi) is 18.8. The Labute approximate surface area is 389 Å². The molecule has 0 aliphatic carbocycles. The van der Waals surface area contributed by atoms with E-state index in [1.54, 1.807) is 0 Å². The first-order valence-corrected chi connectivity index (χ1v) is 20.4. The summed E-state index contributed by atoms with van der Waals surface area (Å²) < 4.78 is 139. The zero-order valence-corrected chi connectivity index (χ0v) is 37.2. The monoisotopic (exact) mass is 1010 g/mol. The molecule has 2 N–H and O–H groups in total. The molecule has 2 amide bonds. The second-order valence-corrected chi connectivity index (χ2v) is 14.1. The second kappa shape index (κ2) is 23.2.